The molecule has 7 rings (SSSR count). The predicted molar refractivity (Wildman–Crippen MR) is 118 cm³/mol. The van der Waals surface area contributed by atoms with E-state index in [1.807, 2.05) is 0 Å². The summed E-state index contributed by atoms with van der Waals surface area (Å²) in [7, 11) is 0. The molecule has 6 bridgehead atoms. The third-order valence-electron chi connectivity index (χ3n) is 11.3. The van der Waals surface area contributed by atoms with Crippen molar-refractivity contribution < 1.29 is 14.6 Å². The largest absolute Gasteiger partial charge is 0.374 e. The Hall–Kier alpha value is -0.120. The lowest BCUT2D eigenvalue weighted by Gasteiger charge is -2.62. The fourth-order valence-corrected chi connectivity index (χ4v) is 10.4. The first kappa shape index (κ1) is 20.5. The van der Waals surface area contributed by atoms with Crippen LogP contribution in [0, 0.1) is 52.8 Å². The second kappa shape index (κ2) is 6.94. The summed E-state index contributed by atoms with van der Waals surface area (Å²) in [5.41, 5.74) is 0.0879. The second-order valence-corrected chi connectivity index (χ2v) is 13.0. The molecule has 0 amide bonds. The van der Waals surface area contributed by atoms with Crippen molar-refractivity contribution in [1.29, 1.82) is 0 Å². The van der Waals surface area contributed by atoms with Gasteiger partial charge in [-0.2, -0.15) is 0 Å². The monoisotopic (exact) mass is 416 g/mol. The van der Waals surface area contributed by atoms with Crippen LogP contribution in [0.15, 0.2) is 0 Å². The number of fused-ring (bicyclic) bond motifs is 5. The molecule has 8 unspecified atom stereocenters. The van der Waals surface area contributed by atoms with Crippen molar-refractivity contribution in [1.82, 2.24) is 0 Å². The Labute approximate surface area is 183 Å². The molecule has 1 aliphatic heterocycles. The van der Waals surface area contributed by atoms with Crippen LogP contribution in [0.3, 0.4) is 0 Å². The molecule has 0 spiro atoms. The van der Waals surface area contributed by atoms with Crippen molar-refractivity contribution in [2.24, 2.45) is 52.8 Å². The summed E-state index contributed by atoms with van der Waals surface area (Å²) in [5.74, 6) is 5.83. The van der Waals surface area contributed by atoms with Crippen LogP contribution >= 0.6 is 0 Å². The molecule has 0 aromatic heterocycles. The first-order valence-corrected chi connectivity index (χ1v) is 13.4. The maximum absolute atomic E-state index is 11.4. The Morgan fingerprint density at radius 1 is 0.900 bits per heavy atom. The minimum absolute atomic E-state index is 0.216. The highest BCUT2D eigenvalue weighted by Crippen LogP contribution is 2.66. The Morgan fingerprint density at radius 2 is 1.47 bits per heavy atom. The van der Waals surface area contributed by atoms with E-state index >= 15 is 0 Å². The molecule has 6 saturated carbocycles. The zero-order valence-corrected chi connectivity index (χ0v) is 19.7. The molecule has 1 heterocycles. The smallest absolute Gasteiger partial charge is 0.158 e. The summed E-state index contributed by atoms with van der Waals surface area (Å²) < 4.78 is 13.2. The van der Waals surface area contributed by atoms with Crippen LogP contribution in [-0.2, 0) is 9.47 Å². The van der Waals surface area contributed by atoms with Gasteiger partial charge in [-0.1, -0.05) is 13.8 Å². The molecule has 3 heteroatoms. The zero-order chi connectivity index (χ0) is 20.8. The van der Waals surface area contributed by atoms with Crippen LogP contribution in [0.4, 0.5) is 0 Å². The summed E-state index contributed by atoms with van der Waals surface area (Å²) in [6, 6.07) is 0. The van der Waals surface area contributed by atoms with E-state index in [0.29, 0.717) is 35.4 Å². The highest BCUT2D eigenvalue weighted by atomic mass is 16.6. The summed E-state index contributed by atoms with van der Waals surface area (Å²) in [6.07, 6.45) is 13.4. The SMILES string of the molecule is CCC1OC(CC)C2C3CC(CC3C(O)OC(C)(C)C34CC5CC(CC(C5)C3)C4)C12. The van der Waals surface area contributed by atoms with Crippen molar-refractivity contribution in [2.75, 3.05) is 0 Å². The number of hydrogen-bond acceptors (Lipinski definition) is 3. The van der Waals surface area contributed by atoms with Crippen molar-refractivity contribution in [3.8, 4) is 0 Å². The van der Waals surface area contributed by atoms with E-state index < -0.39 is 6.29 Å². The van der Waals surface area contributed by atoms with Gasteiger partial charge in [0.2, 0.25) is 0 Å². The molecule has 8 atom stereocenters. The molecular formula is C27H44O3. The van der Waals surface area contributed by atoms with E-state index in [-0.39, 0.29) is 5.60 Å². The molecule has 3 nitrogen and oxygen atoms in total. The highest BCUT2D eigenvalue weighted by Gasteiger charge is 2.63. The molecule has 6 aliphatic carbocycles. The second-order valence-electron chi connectivity index (χ2n) is 13.0. The van der Waals surface area contributed by atoms with E-state index in [0.717, 1.165) is 48.9 Å². The number of ether oxygens (including phenoxy) is 2. The van der Waals surface area contributed by atoms with Gasteiger partial charge in [-0.15, -0.1) is 0 Å². The highest BCUT2D eigenvalue weighted by molar-refractivity contribution is 5.10. The first-order valence-electron chi connectivity index (χ1n) is 13.4. The molecule has 1 N–H and O–H groups in total. The Balaban J connectivity index is 1.18. The lowest BCUT2D eigenvalue weighted by atomic mass is 9.46. The van der Waals surface area contributed by atoms with E-state index in [2.05, 4.69) is 27.7 Å². The molecular weight excluding hydrogens is 372 g/mol. The van der Waals surface area contributed by atoms with Crippen LogP contribution in [-0.4, -0.2) is 29.2 Å². The van der Waals surface area contributed by atoms with Crippen LogP contribution < -0.4 is 0 Å². The topological polar surface area (TPSA) is 38.7 Å². The first-order chi connectivity index (χ1) is 14.3. The van der Waals surface area contributed by atoms with Crippen LogP contribution in [0.1, 0.15) is 91.9 Å². The fraction of sp³-hybridized carbons (Fsp3) is 1.00. The number of rotatable bonds is 6. The van der Waals surface area contributed by atoms with Gasteiger partial charge in [-0.05, 0) is 125 Å². The standard InChI is InChI=1S/C27H44O3/c1-5-21-23-18-10-19(24(23)22(6-2)29-21)20(11-18)25(28)30-26(3,4)27-12-15-7-16(13-27)9-17(8-15)14-27/h15-25,28H,5-14H2,1-4H3. The Kier molecular flexibility index (Phi) is 4.74. The van der Waals surface area contributed by atoms with Crippen molar-refractivity contribution in [3.05, 3.63) is 0 Å². The van der Waals surface area contributed by atoms with Gasteiger partial charge < -0.3 is 14.6 Å². The molecule has 0 aromatic rings. The van der Waals surface area contributed by atoms with E-state index in [1.165, 1.54) is 44.9 Å². The van der Waals surface area contributed by atoms with Gasteiger partial charge in [0, 0.05) is 5.92 Å². The van der Waals surface area contributed by atoms with E-state index in [1.54, 1.807) is 0 Å². The Bertz CT molecular complexity index is 636. The molecule has 1 saturated heterocycles. The van der Waals surface area contributed by atoms with Gasteiger partial charge in [0.15, 0.2) is 6.29 Å². The van der Waals surface area contributed by atoms with E-state index in [9.17, 15) is 5.11 Å². The summed E-state index contributed by atoms with van der Waals surface area (Å²) in [4.78, 5) is 0. The minimum Gasteiger partial charge on any atom is -0.374 e. The summed E-state index contributed by atoms with van der Waals surface area (Å²) in [5, 5.41) is 11.4. The lowest BCUT2D eigenvalue weighted by Crippen LogP contribution is -2.58. The van der Waals surface area contributed by atoms with Crippen LogP contribution in [0.2, 0.25) is 0 Å². The summed E-state index contributed by atoms with van der Waals surface area (Å²) >= 11 is 0. The van der Waals surface area contributed by atoms with Gasteiger partial charge in [0.05, 0.1) is 17.8 Å². The predicted octanol–water partition coefficient (Wildman–Crippen LogP) is 5.79. The average Bonchev–Trinajstić information content (AvgIpc) is 3.37. The maximum Gasteiger partial charge on any atom is 0.158 e. The average molecular weight is 417 g/mol. The van der Waals surface area contributed by atoms with Crippen LogP contribution in [0.25, 0.3) is 0 Å². The van der Waals surface area contributed by atoms with Crippen molar-refractivity contribution in [2.45, 2.75) is 116 Å². The van der Waals surface area contributed by atoms with Crippen molar-refractivity contribution >= 4 is 0 Å². The molecule has 170 valence electrons. The number of hydrogen-bond donors (Lipinski definition) is 1. The Morgan fingerprint density at radius 3 is 2.03 bits per heavy atom. The normalized spacial score (nSPS) is 54.7. The molecule has 7 fully saturated rings. The maximum atomic E-state index is 11.4. The third kappa shape index (κ3) is 2.80. The molecule has 0 aromatic carbocycles. The molecule has 0 radical (unpaired) electrons. The van der Waals surface area contributed by atoms with Crippen molar-refractivity contribution in [3.63, 3.8) is 0 Å². The van der Waals surface area contributed by atoms with Gasteiger partial charge in [-0.3, -0.25) is 0 Å². The van der Waals surface area contributed by atoms with E-state index in [4.69, 9.17) is 9.47 Å². The zero-order valence-electron chi connectivity index (χ0n) is 19.7. The van der Waals surface area contributed by atoms with Gasteiger partial charge in [0.1, 0.15) is 0 Å². The van der Waals surface area contributed by atoms with Gasteiger partial charge in [0.25, 0.3) is 0 Å². The third-order valence-corrected chi connectivity index (χ3v) is 11.3. The van der Waals surface area contributed by atoms with Gasteiger partial charge in [-0.25, -0.2) is 0 Å². The number of aliphatic hydroxyl groups excluding tert-OH is 1. The fourth-order valence-electron chi connectivity index (χ4n) is 10.4. The number of aliphatic hydroxyl groups is 1. The minimum atomic E-state index is -0.595. The van der Waals surface area contributed by atoms with Crippen LogP contribution in [0.5, 0.6) is 0 Å². The summed E-state index contributed by atoms with van der Waals surface area (Å²) in [6.45, 7) is 9.21. The van der Waals surface area contributed by atoms with Gasteiger partial charge >= 0.3 is 0 Å². The molecule has 30 heavy (non-hydrogen) atoms. The lowest BCUT2D eigenvalue weighted by molar-refractivity contribution is -0.270. The molecule has 7 aliphatic rings. The quantitative estimate of drug-likeness (QED) is 0.557.